The van der Waals surface area contributed by atoms with Gasteiger partial charge >= 0.3 is 6.18 Å². The van der Waals surface area contributed by atoms with Gasteiger partial charge in [-0.2, -0.15) is 13.2 Å². The molecular formula is C30H37Cl2F3N2O. The zero-order valence-electron chi connectivity index (χ0n) is 22.1. The second kappa shape index (κ2) is 14.5. The Hall–Kier alpha value is -1.86. The van der Waals surface area contributed by atoms with Crippen LogP contribution in [-0.4, -0.2) is 34.6 Å². The molecule has 1 atom stereocenters. The van der Waals surface area contributed by atoms with Crippen LogP contribution < -0.4 is 0 Å². The van der Waals surface area contributed by atoms with Gasteiger partial charge < -0.3 is 10.0 Å². The van der Waals surface area contributed by atoms with Gasteiger partial charge in [-0.05, 0) is 61.8 Å². The molecule has 1 N–H and O–H groups in total. The van der Waals surface area contributed by atoms with Crippen molar-refractivity contribution in [1.82, 2.24) is 9.88 Å². The second-order valence-corrected chi connectivity index (χ2v) is 10.7. The Balaban J connectivity index is 1.98. The molecule has 3 rings (SSSR count). The zero-order valence-corrected chi connectivity index (χ0v) is 23.6. The molecule has 0 aliphatic carbocycles. The number of fused-ring (bicyclic) bond motifs is 1. The van der Waals surface area contributed by atoms with Gasteiger partial charge in [-0.25, -0.2) is 4.98 Å². The van der Waals surface area contributed by atoms with Crippen LogP contribution in [0.25, 0.3) is 22.2 Å². The van der Waals surface area contributed by atoms with Gasteiger partial charge in [0.1, 0.15) is 0 Å². The van der Waals surface area contributed by atoms with Crippen molar-refractivity contribution in [3.05, 3.63) is 63.6 Å². The maximum Gasteiger partial charge on any atom is 0.416 e. The Morgan fingerprint density at radius 2 is 1.55 bits per heavy atom. The standard InChI is InChI=1S/C30H37Cl2F3N2O/c1-3-5-7-9-14-37(15-10-8-6-4-2)20-28(38)24-19-27(21-12-11-13-22(16-21)30(33,34)35)36-29-25(24)17-23(31)18-26(29)32/h11-13,16-19,28,38H,3-10,14-15,20H2,1-2H3. The maximum atomic E-state index is 13.4. The number of alkyl halides is 3. The van der Waals surface area contributed by atoms with Crippen molar-refractivity contribution in [3.63, 3.8) is 0 Å². The average Bonchev–Trinajstić information content (AvgIpc) is 2.88. The largest absolute Gasteiger partial charge is 0.416 e. The van der Waals surface area contributed by atoms with Crippen LogP contribution in [0.4, 0.5) is 13.2 Å². The molecule has 8 heteroatoms. The molecule has 0 amide bonds. The summed E-state index contributed by atoms with van der Waals surface area (Å²) >= 11 is 12.8. The quantitative estimate of drug-likeness (QED) is 0.196. The van der Waals surface area contributed by atoms with Crippen molar-refractivity contribution in [2.45, 2.75) is 77.5 Å². The van der Waals surface area contributed by atoms with E-state index in [9.17, 15) is 18.3 Å². The topological polar surface area (TPSA) is 36.4 Å². The fourth-order valence-electron chi connectivity index (χ4n) is 4.72. The molecular weight excluding hydrogens is 532 g/mol. The minimum Gasteiger partial charge on any atom is -0.387 e. The van der Waals surface area contributed by atoms with E-state index in [4.69, 9.17) is 23.2 Å². The van der Waals surface area contributed by atoms with Crippen molar-refractivity contribution in [3.8, 4) is 11.3 Å². The lowest BCUT2D eigenvalue weighted by Gasteiger charge is -2.26. The van der Waals surface area contributed by atoms with Crippen molar-refractivity contribution in [2.24, 2.45) is 0 Å². The van der Waals surface area contributed by atoms with E-state index in [0.29, 0.717) is 39.3 Å². The number of nitrogens with zero attached hydrogens (tertiary/aromatic N) is 2. The smallest absolute Gasteiger partial charge is 0.387 e. The van der Waals surface area contributed by atoms with Gasteiger partial charge in [0.2, 0.25) is 0 Å². The van der Waals surface area contributed by atoms with Gasteiger partial charge in [0.15, 0.2) is 0 Å². The highest BCUT2D eigenvalue weighted by Gasteiger charge is 2.30. The summed E-state index contributed by atoms with van der Waals surface area (Å²) in [5.74, 6) is 0. The summed E-state index contributed by atoms with van der Waals surface area (Å²) in [6, 6.07) is 9.97. The summed E-state index contributed by atoms with van der Waals surface area (Å²) in [6.45, 7) is 6.53. The molecule has 0 spiro atoms. The molecule has 1 unspecified atom stereocenters. The average molecular weight is 570 g/mol. The van der Waals surface area contributed by atoms with E-state index in [1.807, 2.05) is 0 Å². The highest BCUT2D eigenvalue weighted by molar-refractivity contribution is 6.38. The number of unbranched alkanes of at least 4 members (excludes halogenated alkanes) is 6. The first-order valence-electron chi connectivity index (χ1n) is 13.5. The Kier molecular flexibility index (Phi) is 11.7. The molecule has 0 aliphatic heterocycles. The van der Waals surface area contributed by atoms with Crippen LogP contribution in [0, 0.1) is 0 Å². The summed E-state index contributed by atoms with van der Waals surface area (Å²) in [5.41, 5.74) is 0.819. The molecule has 208 valence electrons. The van der Waals surface area contributed by atoms with Crippen molar-refractivity contribution in [2.75, 3.05) is 19.6 Å². The summed E-state index contributed by atoms with van der Waals surface area (Å²) in [5, 5.41) is 12.8. The molecule has 1 aromatic heterocycles. The number of hydrogen-bond donors (Lipinski definition) is 1. The summed E-state index contributed by atoms with van der Waals surface area (Å²) in [4.78, 5) is 6.88. The first-order valence-corrected chi connectivity index (χ1v) is 14.3. The Morgan fingerprint density at radius 3 is 2.16 bits per heavy atom. The second-order valence-electron chi connectivity index (χ2n) is 9.90. The minimum atomic E-state index is -4.48. The number of aromatic nitrogens is 1. The van der Waals surface area contributed by atoms with E-state index in [1.54, 1.807) is 24.3 Å². The summed E-state index contributed by atoms with van der Waals surface area (Å²) in [6.07, 6.45) is 3.69. The molecule has 2 aromatic carbocycles. The monoisotopic (exact) mass is 568 g/mol. The third kappa shape index (κ3) is 8.57. The predicted molar refractivity (Wildman–Crippen MR) is 152 cm³/mol. The number of aliphatic hydroxyl groups is 1. The van der Waals surface area contributed by atoms with Crippen LogP contribution in [0.2, 0.25) is 10.0 Å². The van der Waals surface area contributed by atoms with Crippen LogP contribution >= 0.6 is 23.2 Å². The van der Waals surface area contributed by atoms with Crippen LogP contribution in [0.3, 0.4) is 0 Å². The van der Waals surface area contributed by atoms with E-state index >= 15 is 0 Å². The normalized spacial score (nSPS) is 13.0. The van der Waals surface area contributed by atoms with Gasteiger partial charge in [-0.15, -0.1) is 0 Å². The minimum absolute atomic E-state index is 0.283. The zero-order chi connectivity index (χ0) is 27.7. The summed E-state index contributed by atoms with van der Waals surface area (Å²) < 4.78 is 40.2. The van der Waals surface area contributed by atoms with E-state index in [2.05, 4.69) is 23.7 Å². The highest BCUT2D eigenvalue weighted by Crippen LogP contribution is 2.37. The third-order valence-corrected chi connectivity index (χ3v) is 7.30. The van der Waals surface area contributed by atoms with Gasteiger partial charge in [-0.1, -0.05) is 87.7 Å². The Labute approximate surface area is 234 Å². The predicted octanol–water partition coefficient (Wildman–Crippen LogP) is 9.72. The van der Waals surface area contributed by atoms with E-state index in [1.165, 1.54) is 18.9 Å². The fraction of sp³-hybridized carbons (Fsp3) is 0.500. The van der Waals surface area contributed by atoms with Gasteiger partial charge in [0.25, 0.3) is 0 Å². The lowest BCUT2D eigenvalue weighted by Crippen LogP contribution is -2.31. The summed E-state index contributed by atoms with van der Waals surface area (Å²) in [7, 11) is 0. The van der Waals surface area contributed by atoms with Gasteiger partial charge in [-0.3, -0.25) is 0 Å². The fourth-order valence-corrected chi connectivity index (χ4v) is 5.25. The van der Waals surface area contributed by atoms with Crippen molar-refractivity contribution < 1.29 is 18.3 Å². The third-order valence-electron chi connectivity index (χ3n) is 6.80. The number of halogens is 5. The number of pyridine rings is 1. The molecule has 0 aliphatic rings. The highest BCUT2D eigenvalue weighted by atomic mass is 35.5. The van der Waals surface area contributed by atoms with Gasteiger partial charge in [0.05, 0.1) is 27.9 Å². The lowest BCUT2D eigenvalue weighted by atomic mass is 9.98. The van der Waals surface area contributed by atoms with E-state index < -0.39 is 17.8 Å². The Bertz CT molecular complexity index is 1170. The van der Waals surface area contributed by atoms with Crippen LogP contribution in [0.1, 0.15) is 82.4 Å². The van der Waals surface area contributed by atoms with Crippen LogP contribution in [0.15, 0.2) is 42.5 Å². The first-order chi connectivity index (χ1) is 18.1. The number of hydrogen-bond acceptors (Lipinski definition) is 3. The number of benzene rings is 2. The van der Waals surface area contributed by atoms with E-state index in [0.717, 1.165) is 63.7 Å². The van der Waals surface area contributed by atoms with E-state index in [-0.39, 0.29) is 5.02 Å². The van der Waals surface area contributed by atoms with Crippen molar-refractivity contribution >= 4 is 34.1 Å². The molecule has 38 heavy (non-hydrogen) atoms. The molecule has 0 radical (unpaired) electrons. The van der Waals surface area contributed by atoms with Gasteiger partial charge in [0, 0.05) is 22.5 Å². The molecule has 3 aromatic rings. The van der Waals surface area contributed by atoms with Crippen molar-refractivity contribution in [1.29, 1.82) is 0 Å². The first kappa shape index (κ1) is 30.7. The Morgan fingerprint density at radius 1 is 0.895 bits per heavy atom. The number of rotatable bonds is 14. The SMILES string of the molecule is CCCCCCN(CCCCCC)CC(O)c1cc(-c2cccc(C(F)(F)F)c2)nc2c(Cl)cc(Cl)cc12. The maximum absolute atomic E-state index is 13.4. The lowest BCUT2D eigenvalue weighted by molar-refractivity contribution is -0.137. The molecule has 3 nitrogen and oxygen atoms in total. The molecule has 0 bridgehead atoms. The van der Waals surface area contributed by atoms with Crippen LogP contribution in [0.5, 0.6) is 0 Å². The number of aliphatic hydroxyl groups excluding tert-OH is 1. The van der Waals surface area contributed by atoms with Crippen LogP contribution in [-0.2, 0) is 6.18 Å². The molecule has 0 saturated heterocycles. The molecule has 0 fully saturated rings. The molecule has 0 saturated carbocycles. The molecule has 1 heterocycles.